The molecule has 2 aromatic rings. The molecule has 1 aromatic heterocycles. The number of likely N-dealkylation sites (N-methyl/N-ethyl adjacent to an activating group) is 1. The number of aromatic nitrogens is 1. The van der Waals surface area contributed by atoms with Gasteiger partial charge in [-0.3, -0.25) is 4.99 Å². The molecule has 0 fully saturated rings. The Morgan fingerprint density at radius 1 is 1.15 bits per heavy atom. The zero-order valence-corrected chi connectivity index (χ0v) is 17.2. The molecular formula is C21H32N6. The molecule has 0 spiro atoms. The first kappa shape index (κ1) is 20.6. The van der Waals surface area contributed by atoms with E-state index in [1.807, 2.05) is 31.3 Å². The molecule has 0 atom stereocenters. The van der Waals surface area contributed by atoms with Gasteiger partial charge in [0.25, 0.3) is 0 Å². The minimum absolute atomic E-state index is 0.677. The number of hydrogen-bond donors (Lipinski definition) is 2. The van der Waals surface area contributed by atoms with Gasteiger partial charge in [0.05, 0.1) is 0 Å². The monoisotopic (exact) mass is 368 g/mol. The number of rotatable bonds is 8. The van der Waals surface area contributed by atoms with Crippen LogP contribution in [0.5, 0.6) is 0 Å². The van der Waals surface area contributed by atoms with E-state index in [0.717, 1.165) is 37.0 Å². The van der Waals surface area contributed by atoms with Gasteiger partial charge < -0.3 is 20.4 Å². The van der Waals surface area contributed by atoms with Crippen molar-refractivity contribution in [3.05, 3.63) is 53.7 Å². The van der Waals surface area contributed by atoms with E-state index >= 15 is 0 Å². The third kappa shape index (κ3) is 6.16. The van der Waals surface area contributed by atoms with Crippen LogP contribution in [0.25, 0.3) is 0 Å². The summed E-state index contributed by atoms with van der Waals surface area (Å²) >= 11 is 0. The molecule has 0 aliphatic carbocycles. The number of nitrogens with one attached hydrogen (secondary N) is 2. The number of pyridine rings is 1. The third-order valence-electron chi connectivity index (χ3n) is 4.38. The number of anilines is 2. The quantitative estimate of drug-likeness (QED) is 0.554. The predicted molar refractivity (Wildman–Crippen MR) is 116 cm³/mol. The van der Waals surface area contributed by atoms with Crippen LogP contribution in [0, 0.1) is 6.92 Å². The van der Waals surface area contributed by atoms with Crippen LogP contribution in [0.2, 0.25) is 0 Å². The van der Waals surface area contributed by atoms with Crippen molar-refractivity contribution >= 4 is 17.5 Å². The molecular weight excluding hydrogens is 336 g/mol. The van der Waals surface area contributed by atoms with E-state index in [4.69, 9.17) is 0 Å². The molecule has 1 heterocycles. The summed E-state index contributed by atoms with van der Waals surface area (Å²) < 4.78 is 0. The fourth-order valence-corrected chi connectivity index (χ4v) is 2.97. The van der Waals surface area contributed by atoms with Crippen molar-refractivity contribution in [2.75, 3.05) is 50.6 Å². The van der Waals surface area contributed by atoms with Crippen LogP contribution in [-0.4, -0.2) is 51.7 Å². The van der Waals surface area contributed by atoms with E-state index in [9.17, 15) is 0 Å². The SMILES string of the molecule is CCN(CCNC(=NC)NCc1cccnc1N(C)C)c1cccc(C)c1. The summed E-state index contributed by atoms with van der Waals surface area (Å²) in [5.41, 5.74) is 3.68. The first-order chi connectivity index (χ1) is 13.0. The number of benzene rings is 1. The minimum atomic E-state index is 0.677. The van der Waals surface area contributed by atoms with E-state index in [1.165, 1.54) is 11.3 Å². The lowest BCUT2D eigenvalue weighted by Gasteiger charge is -2.24. The van der Waals surface area contributed by atoms with Crippen LogP contribution in [0.4, 0.5) is 11.5 Å². The normalized spacial score (nSPS) is 11.2. The number of aryl methyl sites for hydroxylation is 1. The van der Waals surface area contributed by atoms with Gasteiger partial charge in [-0.1, -0.05) is 18.2 Å². The second-order valence-corrected chi connectivity index (χ2v) is 6.65. The molecule has 0 saturated heterocycles. The van der Waals surface area contributed by atoms with Crippen molar-refractivity contribution in [1.82, 2.24) is 15.6 Å². The molecule has 1 aromatic carbocycles. The molecule has 6 heteroatoms. The summed E-state index contributed by atoms with van der Waals surface area (Å²) in [5, 5.41) is 6.78. The molecule has 6 nitrogen and oxygen atoms in total. The van der Waals surface area contributed by atoms with Crippen molar-refractivity contribution in [1.29, 1.82) is 0 Å². The van der Waals surface area contributed by atoms with E-state index < -0.39 is 0 Å². The lowest BCUT2D eigenvalue weighted by Crippen LogP contribution is -2.41. The van der Waals surface area contributed by atoms with Crippen molar-refractivity contribution in [3.8, 4) is 0 Å². The maximum Gasteiger partial charge on any atom is 0.191 e. The Morgan fingerprint density at radius 2 is 1.96 bits per heavy atom. The van der Waals surface area contributed by atoms with Gasteiger partial charge in [-0.15, -0.1) is 0 Å². The number of hydrogen-bond acceptors (Lipinski definition) is 4. The Hall–Kier alpha value is -2.76. The van der Waals surface area contributed by atoms with Gasteiger partial charge in [0.15, 0.2) is 5.96 Å². The Bertz CT molecular complexity index is 741. The van der Waals surface area contributed by atoms with Crippen LogP contribution in [0.3, 0.4) is 0 Å². The van der Waals surface area contributed by atoms with Crippen LogP contribution in [0.1, 0.15) is 18.1 Å². The highest BCUT2D eigenvalue weighted by molar-refractivity contribution is 5.79. The Labute approximate surface area is 163 Å². The molecule has 0 bridgehead atoms. The third-order valence-corrected chi connectivity index (χ3v) is 4.38. The fraction of sp³-hybridized carbons (Fsp3) is 0.429. The first-order valence-corrected chi connectivity index (χ1v) is 9.42. The molecule has 0 unspecified atom stereocenters. The highest BCUT2D eigenvalue weighted by Gasteiger charge is 2.07. The second-order valence-electron chi connectivity index (χ2n) is 6.65. The Morgan fingerprint density at radius 3 is 2.63 bits per heavy atom. The van der Waals surface area contributed by atoms with Crippen molar-refractivity contribution in [2.45, 2.75) is 20.4 Å². The van der Waals surface area contributed by atoms with Crippen molar-refractivity contribution in [2.24, 2.45) is 4.99 Å². The number of guanidine groups is 1. The molecule has 2 N–H and O–H groups in total. The number of aliphatic imine (C=N–C) groups is 1. The van der Waals surface area contributed by atoms with Gasteiger partial charge in [0, 0.05) is 64.8 Å². The maximum atomic E-state index is 4.44. The van der Waals surface area contributed by atoms with Gasteiger partial charge in [-0.05, 0) is 37.6 Å². The maximum absolute atomic E-state index is 4.44. The summed E-state index contributed by atoms with van der Waals surface area (Å²) in [5.74, 6) is 1.76. The van der Waals surface area contributed by atoms with Crippen LogP contribution >= 0.6 is 0 Å². The molecule has 0 radical (unpaired) electrons. The first-order valence-electron chi connectivity index (χ1n) is 9.42. The molecule has 146 valence electrons. The average molecular weight is 369 g/mol. The van der Waals surface area contributed by atoms with E-state index in [0.29, 0.717) is 6.54 Å². The molecule has 0 aliphatic heterocycles. The van der Waals surface area contributed by atoms with E-state index in [-0.39, 0.29) is 0 Å². The average Bonchev–Trinajstić information content (AvgIpc) is 2.67. The Kier molecular flexibility index (Phi) is 7.92. The van der Waals surface area contributed by atoms with Crippen LogP contribution < -0.4 is 20.4 Å². The molecule has 0 aliphatic rings. The minimum Gasteiger partial charge on any atom is -0.370 e. The summed E-state index contributed by atoms with van der Waals surface area (Å²) in [6, 6.07) is 12.7. The van der Waals surface area contributed by atoms with Crippen molar-refractivity contribution < 1.29 is 0 Å². The molecule has 27 heavy (non-hydrogen) atoms. The van der Waals surface area contributed by atoms with Gasteiger partial charge in [0.1, 0.15) is 5.82 Å². The summed E-state index contributed by atoms with van der Waals surface area (Å²) in [6.45, 7) is 7.68. The van der Waals surface area contributed by atoms with Gasteiger partial charge in [-0.25, -0.2) is 4.98 Å². The lowest BCUT2D eigenvalue weighted by molar-refractivity contribution is 0.749. The van der Waals surface area contributed by atoms with Gasteiger partial charge in [0.2, 0.25) is 0 Å². The van der Waals surface area contributed by atoms with Crippen molar-refractivity contribution in [3.63, 3.8) is 0 Å². The van der Waals surface area contributed by atoms with Crippen LogP contribution in [0.15, 0.2) is 47.6 Å². The smallest absolute Gasteiger partial charge is 0.191 e. The van der Waals surface area contributed by atoms with Crippen LogP contribution in [-0.2, 0) is 6.54 Å². The summed E-state index contributed by atoms with van der Waals surface area (Å²) in [6.07, 6.45) is 1.82. The highest BCUT2D eigenvalue weighted by atomic mass is 15.2. The number of nitrogens with zero attached hydrogens (tertiary/aromatic N) is 4. The van der Waals surface area contributed by atoms with Gasteiger partial charge in [-0.2, -0.15) is 0 Å². The predicted octanol–water partition coefficient (Wildman–Crippen LogP) is 2.65. The standard InChI is InChI=1S/C21H32N6/c1-6-27(19-11-7-9-17(2)15-19)14-13-24-21(22-3)25-16-18-10-8-12-23-20(18)26(4)5/h7-12,15H,6,13-14,16H2,1-5H3,(H2,22,24,25). The molecule has 0 saturated carbocycles. The Balaban J connectivity index is 1.87. The van der Waals surface area contributed by atoms with E-state index in [1.54, 1.807) is 7.05 Å². The zero-order chi connectivity index (χ0) is 19.6. The second kappa shape index (κ2) is 10.4. The largest absolute Gasteiger partial charge is 0.370 e. The zero-order valence-electron chi connectivity index (χ0n) is 17.2. The lowest BCUT2D eigenvalue weighted by atomic mass is 10.2. The summed E-state index contributed by atoms with van der Waals surface area (Å²) in [7, 11) is 5.80. The van der Waals surface area contributed by atoms with E-state index in [2.05, 4.69) is 69.7 Å². The molecule has 0 amide bonds. The highest BCUT2D eigenvalue weighted by Crippen LogP contribution is 2.15. The molecule has 2 rings (SSSR count). The summed E-state index contributed by atoms with van der Waals surface area (Å²) in [4.78, 5) is 13.1. The van der Waals surface area contributed by atoms with Gasteiger partial charge >= 0.3 is 0 Å². The topological polar surface area (TPSA) is 55.8 Å². The fourth-order valence-electron chi connectivity index (χ4n) is 2.97.